The third-order valence-corrected chi connectivity index (χ3v) is 2.90. The number of hydrogen-bond acceptors (Lipinski definition) is 2. The van der Waals surface area contributed by atoms with Crippen molar-refractivity contribution in [2.75, 3.05) is 27.7 Å². The first-order chi connectivity index (χ1) is 7.54. The van der Waals surface area contributed by atoms with Gasteiger partial charge in [-0.2, -0.15) is 0 Å². The molecule has 16 heavy (non-hydrogen) atoms. The zero-order valence-electron chi connectivity index (χ0n) is 11.1. The van der Waals surface area contributed by atoms with Crippen LogP contribution in [0.5, 0.6) is 5.75 Å². The number of ether oxygens (including phenoxy) is 1. The Morgan fingerprint density at radius 1 is 1.12 bits per heavy atom. The highest BCUT2D eigenvalue weighted by atomic mass is 16.5. The van der Waals surface area contributed by atoms with Crippen LogP contribution in [0.2, 0.25) is 0 Å². The molecule has 0 heterocycles. The minimum absolute atomic E-state index is 0.994. The lowest BCUT2D eigenvalue weighted by molar-refractivity contribution is 0.399. The summed E-state index contributed by atoms with van der Waals surface area (Å²) in [5.74, 6) is 0.994. The summed E-state index contributed by atoms with van der Waals surface area (Å²) in [5.41, 5.74) is 4.01. The minimum Gasteiger partial charge on any atom is -0.496 e. The topological polar surface area (TPSA) is 12.5 Å². The fourth-order valence-corrected chi connectivity index (χ4v) is 1.92. The second kappa shape index (κ2) is 5.90. The highest BCUT2D eigenvalue weighted by Gasteiger charge is 2.04. The standard InChI is InChI=1S/C14H23NO/c1-11-10-14(16-5)12(2)9-13(11)7-6-8-15(3)4/h9-10H,6-8H2,1-5H3. The Balaban J connectivity index is 2.70. The van der Waals surface area contributed by atoms with Crippen LogP contribution in [-0.4, -0.2) is 32.6 Å². The van der Waals surface area contributed by atoms with Crippen molar-refractivity contribution in [3.05, 3.63) is 28.8 Å². The summed E-state index contributed by atoms with van der Waals surface area (Å²) >= 11 is 0. The van der Waals surface area contributed by atoms with E-state index in [9.17, 15) is 0 Å². The van der Waals surface area contributed by atoms with Gasteiger partial charge >= 0.3 is 0 Å². The van der Waals surface area contributed by atoms with Gasteiger partial charge in [-0.1, -0.05) is 6.07 Å². The SMILES string of the molecule is COc1cc(C)c(CCCN(C)C)cc1C. The molecule has 1 aromatic rings. The normalized spacial score (nSPS) is 10.9. The Labute approximate surface area is 99.2 Å². The van der Waals surface area contributed by atoms with Gasteiger partial charge in [0, 0.05) is 0 Å². The van der Waals surface area contributed by atoms with Crippen molar-refractivity contribution in [2.45, 2.75) is 26.7 Å². The van der Waals surface area contributed by atoms with E-state index in [0.29, 0.717) is 0 Å². The van der Waals surface area contributed by atoms with Crippen LogP contribution in [-0.2, 0) is 6.42 Å². The predicted octanol–water partition coefficient (Wildman–Crippen LogP) is 2.81. The largest absolute Gasteiger partial charge is 0.496 e. The van der Waals surface area contributed by atoms with Gasteiger partial charge in [-0.3, -0.25) is 0 Å². The fraction of sp³-hybridized carbons (Fsp3) is 0.571. The summed E-state index contributed by atoms with van der Waals surface area (Å²) in [6, 6.07) is 4.39. The van der Waals surface area contributed by atoms with Crippen molar-refractivity contribution < 1.29 is 4.74 Å². The molecule has 1 aromatic carbocycles. The van der Waals surface area contributed by atoms with E-state index in [2.05, 4.69) is 45.0 Å². The van der Waals surface area contributed by atoms with Gasteiger partial charge in [0.25, 0.3) is 0 Å². The molecule has 1 rings (SSSR count). The van der Waals surface area contributed by atoms with E-state index >= 15 is 0 Å². The molecule has 0 saturated carbocycles. The number of benzene rings is 1. The van der Waals surface area contributed by atoms with Crippen LogP contribution in [0.25, 0.3) is 0 Å². The second-order valence-corrected chi connectivity index (χ2v) is 4.66. The Morgan fingerprint density at radius 2 is 1.81 bits per heavy atom. The van der Waals surface area contributed by atoms with Crippen LogP contribution in [0.3, 0.4) is 0 Å². The monoisotopic (exact) mass is 221 g/mol. The van der Waals surface area contributed by atoms with Crippen molar-refractivity contribution in [3.8, 4) is 5.75 Å². The van der Waals surface area contributed by atoms with E-state index in [0.717, 1.165) is 18.7 Å². The average Bonchev–Trinajstić information content (AvgIpc) is 2.22. The van der Waals surface area contributed by atoms with E-state index in [1.165, 1.54) is 23.1 Å². The molecule has 0 aliphatic carbocycles. The van der Waals surface area contributed by atoms with Crippen molar-refractivity contribution in [2.24, 2.45) is 0 Å². The lowest BCUT2D eigenvalue weighted by Crippen LogP contribution is -2.13. The zero-order valence-corrected chi connectivity index (χ0v) is 11.1. The molecule has 2 heteroatoms. The van der Waals surface area contributed by atoms with Crippen LogP contribution in [0.4, 0.5) is 0 Å². The lowest BCUT2D eigenvalue weighted by atomic mass is 10.0. The maximum Gasteiger partial charge on any atom is 0.122 e. The van der Waals surface area contributed by atoms with Crippen LogP contribution < -0.4 is 4.74 Å². The van der Waals surface area contributed by atoms with Gasteiger partial charge < -0.3 is 9.64 Å². The van der Waals surface area contributed by atoms with Gasteiger partial charge in [-0.15, -0.1) is 0 Å². The molecule has 2 nitrogen and oxygen atoms in total. The molecule has 0 spiro atoms. The predicted molar refractivity (Wildman–Crippen MR) is 69.3 cm³/mol. The molecule has 0 radical (unpaired) electrons. The number of rotatable bonds is 5. The highest BCUT2D eigenvalue weighted by molar-refractivity contribution is 5.41. The van der Waals surface area contributed by atoms with Gasteiger partial charge in [0.05, 0.1) is 7.11 Å². The maximum absolute atomic E-state index is 5.32. The molecule has 0 unspecified atom stereocenters. The summed E-state index contributed by atoms with van der Waals surface area (Å²) in [5, 5.41) is 0. The Bertz CT molecular complexity index is 345. The number of nitrogens with zero attached hydrogens (tertiary/aromatic N) is 1. The third kappa shape index (κ3) is 3.53. The van der Waals surface area contributed by atoms with Gasteiger partial charge in [-0.25, -0.2) is 0 Å². The molecule has 0 N–H and O–H groups in total. The lowest BCUT2D eigenvalue weighted by Gasteiger charge is -2.13. The molecule has 0 fully saturated rings. The molecule has 0 amide bonds. The molecular formula is C14H23NO. The Hall–Kier alpha value is -1.02. The third-order valence-electron chi connectivity index (χ3n) is 2.90. The van der Waals surface area contributed by atoms with Crippen molar-refractivity contribution >= 4 is 0 Å². The van der Waals surface area contributed by atoms with Crippen LogP contribution >= 0.6 is 0 Å². The van der Waals surface area contributed by atoms with E-state index in [1.54, 1.807) is 7.11 Å². The summed E-state index contributed by atoms with van der Waals surface area (Å²) in [4.78, 5) is 2.23. The van der Waals surface area contributed by atoms with Crippen molar-refractivity contribution in [1.29, 1.82) is 0 Å². The van der Waals surface area contributed by atoms with Gasteiger partial charge in [0.1, 0.15) is 5.75 Å². The van der Waals surface area contributed by atoms with E-state index in [1.807, 2.05) is 0 Å². The maximum atomic E-state index is 5.32. The first-order valence-corrected chi connectivity index (χ1v) is 5.83. The van der Waals surface area contributed by atoms with Crippen molar-refractivity contribution in [3.63, 3.8) is 0 Å². The van der Waals surface area contributed by atoms with Crippen LogP contribution in [0.1, 0.15) is 23.1 Å². The average molecular weight is 221 g/mol. The number of aryl methyl sites for hydroxylation is 3. The summed E-state index contributed by atoms with van der Waals surface area (Å²) in [6.07, 6.45) is 2.36. The van der Waals surface area contributed by atoms with E-state index in [-0.39, 0.29) is 0 Å². The van der Waals surface area contributed by atoms with Gasteiger partial charge in [0.2, 0.25) is 0 Å². The number of hydrogen-bond donors (Lipinski definition) is 0. The summed E-state index contributed by atoms with van der Waals surface area (Å²) in [7, 11) is 5.96. The molecule has 0 bridgehead atoms. The van der Waals surface area contributed by atoms with Gasteiger partial charge in [0.15, 0.2) is 0 Å². The highest BCUT2D eigenvalue weighted by Crippen LogP contribution is 2.23. The molecular weight excluding hydrogens is 198 g/mol. The molecule has 90 valence electrons. The minimum atomic E-state index is 0.994. The number of methoxy groups -OCH3 is 1. The molecule has 0 aliphatic heterocycles. The molecule has 0 aliphatic rings. The molecule has 0 atom stereocenters. The van der Waals surface area contributed by atoms with Crippen molar-refractivity contribution in [1.82, 2.24) is 4.90 Å². The summed E-state index contributed by atoms with van der Waals surface area (Å²) < 4.78 is 5.32. The second-order valence-electron chi connectivity index (χ2n) is 4.66. The zero-order chi connectivity index (χ0) is 12.1. The Kier molecular flexibility index (Phi) is 4.81. The van der Waals surface area contributed by atoms with Crippen LogP contribution in [0.15, 0.2) is 12.1 Å². The molecule has 0 aromatic heterocycles. The summed E-state index contributed by atoms with van der Waals surface area (Å²) in [6.45, 7) is 5.41. The smallest absolute Gasteiger partial charge is 0.122 e. The first kappa shape index (κ1) is 13.0. The van der Waals surface area contributed by atoms with Crippen LogP contribution in [0, 0.1) is 13.8 Å². The Morgan fingerprint density at radius 3 is 2.38 bits per heavy atom. The first-order valence-electron chi connectivity index (χ1n) is 5.83. The van der Waals surface area contributed by atoms with E-state index < -0.39 is 0 Å². The molecule has 0 saturated heterocycles. The quantitative estimate of drug-likeness (QED) is 0.758. The fourth-order valence-electron chi connectivity index (χ4n) is 1.92. The van der Waals surface area contributed by atoms with Gasteiger partial charge in [-0.05, 0) is 70.1 Å². The van der Waals surface area contributed by atoms with E-state index in [4.69, 9.17) is 4.74 Å².